The van der Waals surface area contributed by atoms with Gasteiger partial charge in [0.2, 0.25) is 0 Å². The first-order valence-corrected chi connectivity index (χ1v) is 8.90. The second kappa shape index (κ2) is 8.42. The summed E-state index contributed by atoms with van der Waals surface area (Å²) >= 11 is 0. The fraction of sp³-hybridized carbons (Fsp3) is 0.200. The monoisotopic (exact) mass is 452 g/mol. The van der Waals surface area contributed by atoms with Gasteiger partial charge < -0.3 is 21.8 Å². The second-order valence-electron chi connectivity index (χ2n) is 5.12. The van der Waals surface area contributed by atoms with Gasteiger partial charge in [0, 0.05) is 8.32 Å². The van der Waals surface area contributed by atoms with Gasteiger partial charge in [0.1, 0.15) is 0 Å². The molecule has 0 aliphatic carbocycles. The average molecular weight is 454 g/mol. The molecule has 0 atom stereocenters. The van der Waals surface area contributed by atoms with Crippen LogP contribution in [0.3, 0.4) is 0 Å². The predicted molar refractivity (Wildman–Crippen MR) is 79.5 cm³/mol. The van der Waals surface area contributed by atoms with Crippen molar-refractivity contribution in [2.24, 2.45) is 0 Å². The Morgan fingerprint density at radius 3 is 1.28 bits per heavy atom. The van der Waals surface area contributed by atoms with E-state index in [1.54, 1.807) is 0 Å². The van der Waals surface area contributed by atoms with E-state index in [-0.39, 0.29) is 40.0 Å². The third-order valence-electron chi connectivity index (χ3n) is 3.49. The van der Waals surface area contributed by atoms with Crippen molar-refractivity contribution in [1.82, 2.24) is 0 Å². The Bertz CT molecular complexity index is 658. The fourth-order valence-electron chi connectivity index (χ4n) is 2.44. The number of hydrogen-bond donors (Lipinski definition) is 0. The maximum Gasteiger partial charge on any atom is 2.00 e. The Labute approximate surface area is 168 Å². The average Bonchev–Trinajstić information content (AvgIpc) is 2.45. The molecule has 0 radical (unpaired) electrons. The summed E-state index contributed by atoms with van der Waals surface area (Å²) in [5.74, 6) is 0. The normalized spacial score (nSPS) is 12.2. The van der Waals surface area contributed by atoms with Crippen molar-refractivity contribution in [3.05, 3.63) is 59.7 Å². The molecule has 0 spiro atoms. The van der Waals surface area contributed by atoms with Crippen LogP contribution in [0, 0.1) is 0 Å². The molecule has 10 heteroatoms. The molecule has 0 aliphatic rings. The Morgan fingerprint density at radius 1 is 0.720 bits per heavy atom. The van der Waals surface area contributed by atoms with E-state index in [1.807, 2.05) is 0 Å². The van der Waals surface area contributed by atoms with Gasteiger partial charge in [-0.1, -0.05) is 65.5 Å². The van der Waals surface area contributed by atoms with Crippen molar-refractivity contribution < 1.29 is 48.1 Å². The van der Waals surface area contributed by atoms with E-state index in [2.05, 4.69) is 0 Å². The minimum Gasteiger partial charge on any atom is -1.00 e. The van der Waals surface area contributed by atoms with E-state index in [0.717, 1.165) is 30.8 Å². The molecule has 0 heterocycles. The zero-order valence-electron chi connectivity index (χ0n) is 12.9. The van der Waals surface area contributed by atoms with Gasteiger partial charge in [-0.15, -0.1) is 0 Å². The van der Waals surface area contributed by atoms with Crippen LogP contribution >= 0.6 is 0 Å². The predicted octanol–water partition coefficient (Wildman–Crippen LogP) is -0.603. The molecular formula is C15H11BrF6MgOSi. The summed E-state index contributed by atoms with van der Waals surface area (Å²) in [6.07, 6.45) is -9.61. The molecule has 0 saturated carbocycles. The standard InChI is InChI=1S/C15H11F6OSi.BrH.Mg/c1-23(22,12-8-4-2-6-10(12)14(16,17)18)13-9-5-3-7-11(13)15(19,20)21;;/h2-9H,1H3;1H;/q-1;;+2/p-1. The topological polar surface area (TPSA) is 23.1 Å². The zero-order valence-corrected chi connectivity index (χ0v) is 16.9. The molecule has 2 aromatic carbocycles. The van der Waals surface area contributed by atoms with Crippen LogP contribution in [0.2, 0.25) is 6.55 Å². The molecular weight excluding hydrogens is 442 g/mol. The molecule has 2 rings (SSSR count). The van der Waals surface area contributed by atoms with Crippen molar-refractivity contribution in [2.45, 2.75) is 18.9 Å². The Kier molecular flexibility index (Phi) is 8.23. The number of benzene rings is 2. The largest absolute Gasteiger partial charge is 2.00 e. The van der Waals surface area contributed by atoms with Gasteiger partial charge in [-0.3, -0.25) is 0 Å². The quantitative estimate of drug-likeness (QED) is 0.440. The van der Waals surface area contributed by atoms with E-state index in [1.165, 1.54) is 12.1 Å². The van der Waals surface area contributed by atoms with Crippen LogP contribution in [0.1, 0.15) is 11.1 Å². The summed E-state index contributed by atoms with van der Waals surface area (Å²) in [4.78, 5) is 13.0. The minimum atomic E-state index is -4.80. The number of halogens is 7. The van der Waals surface area contributed by atoms with Crippen molar-refractivity contribution in [1.29, 1.82) is 0 Å². The van der Waals surface area contributed by atoms with E-state index in [9.17, 15) is 31.1 Å². The van der Waals surface area contributed by atoms with Gasteiger partial charge >= 0.3 is 35.4 Å². The molecule has 0 unspecified atom stereocenters. The maximum atomic E-state index is 13.1. The molecule has 0 N–H and O–H groups in total. The number of rotatable bonds is 2. The Hall–Kier alpha value is -0.557. The van der Waals surface area contributed by atoms with E-state index < -0.39 is 42.2 Å². The summed E-state index contributed by atoms with van der Waals surface area (Å²) in [5, 5.41) is -1.21. The second-order valence-corrected chi connectivity index (χ2v) is 8.26. The zero-order chi connectivity index (χ0) is 17.5. The Morgan fingerprint density at radius 2 is 1.00 bits per heavy atom. The molecule has 0 fully saturated rings. The SMILES string of the molecule is C[Si]([O-])(c1ccccc1C(F)(F)F)c1ccccc1C(F)(F)F.[Br-].[Mg+2]. The molecule has 0 saturated heterocycles. The summed E-state index contributed by atoms with van der Waals surface area (Å²) in [6.45, 7) is 0.947. The third kappa shape index (κ3) is 5.22. The van der Waals surface area contributed by atoms with Gasteiger partial charge in [-0.25, -0.2) is 0 Å². The Balaban J connectivity index is 0.00000288. The van der Waals surface area contributed by atoms with Gasteiger partial charge in [-0.2, -0.15) is 26.3 Å². The van der Waals surface area contributed by atoms with Gasteiger partial charge in [0.05, 0.1) is 11.1 Å². The molecule has 25 heavy (non-hydrogen) atoms. The summed E-state index contributed by atoms with van der Waals surface area (Å²) in [7, 11) is -4.45. The molecule has 0 amide bonds. The molecule has 0 bridgehead atoms. The van der Waals surface area contributed by atoms with Gasteiger partial charge in [0.15, 0.2) is 0 Å². The van der Waals surface area contributed by atoms with E-state index in [4.69, 9.17) is 0 Å². The van der Waals surface area contributed by atoms with Crippen molar-refractivity contribution >= 4 is 41.7 Å². The van der Waals surface area contributed by atoms with Crippen LogP contribution in [0.15, 0.2) is 48.5 Å². The smallest absolute Gasteiger partial charge is 1.00 e. The number of hydrogen-bond acceptors (Lipinski definition) is 1. The third-order valence-corrected chi connectivity index (χ3v) is 6.42. The molecule has 1 nitrogen and oxygen atoms in total. The molecule has 0 aromatic heterocycles. The van der Waals surface area contributed by atoms with Crippen LogP contribution in [-0.2, 0) is 12.4 Å². The van der Waals surface area contributed by atoms with Gasteiger partial charge in [-0.05, 0) is 0 Å². The fourth-order valence-corrected chi connectivity index (χ4v) is 5.03. The van der Waals surface area contributed by atoms with Crippen LogP contribution in [0.4, 0.5) is 26.3 Å². The minimum absolute atomic E-state index is 0. The first-order valence-electron chi connectivity index (χ1n) is 6.49. The first-order chi connectivity index (χ1) is 10.5. The van der Waals surface area contributed by atoms with Crippen molar-refractivity contribution in [3.63, 3.8) is 0 Å². The van der Waals surface area contributed by atoms with Crippen LogP contribution in [0.5, 0.6) is 0 Å². The summed E-state index contributed by atoms with van der Waals surface area (Å²) in [6, 6.07) is 8.03. The van der Waals surface area contributed by atoms with Crippen molar-refractivity contribution in [2.75, 3.05) is 0 Å². The van der Waals surface area contributed by atoms with E-state index >= 15 is 0 Å². The maximum absolute atomic E-state index is 13.1. The van der Waals surface area contributed by atoms with Crippen LogP contribution in [-0.4, -0.2) is 31.4 Å². The summed E-state index contributed by atoms with van der Waals surface area (Å²) < 4.78 is 78.5. The van der Waals surface area contributed by atoms with Gasteiger partial charge in [0.25, 0.3) is 0 Å². The molecule has 132 valence electrons. The van der Waals surface area contributed by atoms with Crippen LogP contribution < -0.4 is 32.2 Å². The van der Waals surface area contributed by atoms with E-state index in [0.29, 0.717) is 12.1 Å². The molecule has 0 aliphatic heterocycles. The van der Waals surface area contributed by atoms with Crippen LogP contribution in [0.25, 0.3) is 0 Å². The summed E-state index contributed by atoms with van der Waals surface area (Å²) in [5.41, 5.74) is -2.36. The van der Waals surface area contributed by atoms with Crippen molar-refractivity contribution in [3.8, 4) is 0 Å². The molecule has 2 aromatic rings. The number of alkyl halides is 6. The first kappa shape index (κ1) is 24.4.